The van der Waals surface area contributed by atoms with Crippen molar-refractivity contribution in [3.05, 3.63) is 58.1 Å². The number of anilines is 3. The second-order valence-corrected chi connectivity index (χ2v) is 9.99. The van der Waals surface area contributed by atoms with Crippen molar-refractivity contribution in [2.45, 2.75) is 26.7 Å². The maximum atomic E-state index is 12.8. The Morgan fingerprint density at radius 3 is 2.22 bits per heavy atom. The van der Waals surface area contributed by atoms with E-state index in [9.17, 15) is 19.7 Å². The maximum absolute atomic E-state index is 12.8. The van der Waals surface area contributed by atoms with Gasteiger partial charge in [-0.05, 0) is 67.4 Å². The van der Waals surface area contributed by atoms with E-state index in [4.69, 9.17) is 12.2 Å². The number of amides is 2. The van der Waals surface area contributed by atoms with Gasteiger partial charge in [-0.15, -0.1) is 0 Å². The van der Waals surface area contributed by atoms with Gasteiger partial charge in [0, 0.05) is 69.2 Å². The molecule has 0 radical (unpaired) electrons. The number of nitrogens with zero attached hydrogens (tertiary/aromatic N) is 4. The molecule has 0 saturated carbocycles. The van der Waals surface area contributed by atoms with Gasteiger partial charge in [0.2, 0.25) is 5.91 Å². The first kappa shape index (κ1) is 26.3. The molecule has 0 atom stereocenters. The molecule has 37 heavy (non-hydrogen) atoms. The highest BCUT2D eigenvalue weighted by Gasteiger charge is 2.25. The van der Waals surface area contributed by atoms with E-state index >= 15 is 0 Å². The van der Waals surface area contributed by atoms with Crippen LogP contribution >= 0.6 is 12.2 Å². The molecular formula is C26H32N6O4S. The van der Waals surface area contributed by atoms with E-state index in [2.05, 4.69) is 22.5 Å². The van der Waals surface area contributed by atoms with Crippen molar-refractivity contribution >= 4 is 51.9 Å². The van der Waals surface area contributed by atoms with E-state index in [0.717, 1.165) is 44.7 Å². The zero-order valence-electron chi connectivity index (χ0n) is 21.1. The number of rotatable bonds is 5. The number of carbonyl (C=O) groups is 2. The van der Waals surface area contributed by atoms with Gasteiger partial charge < -0.3 is 20.0 Å². The molecule has 10 nitrogen and oxygen atoms in total. The number of hydrogen-bond donors (Lipinski definition) is 2. The van der Waals surface area contributed by atoms with Crippen LogP contribution in [0.1, 0.15) is 37.0 Å². The number of nitro benzene ring substituents is 1. The van der Waals surface area contributed by atoms with Gasteiger partial charge in [-0.3, -0.25) is 25.0 Å². The Bertz CT molecular complexity index is 1170. The number of benzene rings is 2. The molecule has 2 fully saturated rings. The molecule has 2 aliphatic heterocycles. The highest BCUT2D eigenvalue weighted by atomic mass is 32.1. The Morgan fingerprint density at radius 2 is 1.62 bits per heavy atom. The third kappa shape index (κ3) is 6.53. The molecule has 196 valence electrons. The van der Waals surface area contributed by atoms with Crippen molar-refractivity contribution < 1.29 is 14.5 Å². The summed E-state index contributed by atoms with van der Waals surface area (Å²) in [5.41, 5.74) is 2.37. The van der Waals surface area contributed by atoms with Crippen molar-refractivity contribution in [3.8, 4) is 0 Å². The summed E-state index contributed by atoms with van der Waals surface area (Å²) in [5.74, 6) is 0.185. The second-order valence-electron chi connectivity index (χ2n) is 9.58. The van der Waals surface area contributed by atoms with Gasteiger partial charge in [0.15, 0.2) is 5.11 Å². The molecule has 4 rings (SSSR count). The first-order valence-electron chi connectivity index (χ1n) is 12.5. The predicted octanol–water partition coefficient (Wildman–Crippen LogP) is 3.63. The van der Waals surface area contributed by atoms with Crippen LogP contribution in [-0.2, 0) is 4.79 Å². The molecule has 0 unspecified atom stereocenters. The fourth-order valence-electron chi connectivity index (χ4n) is 4.70. The molecule has 0 spiro atoms. The van der Waals surface area contributed by atoms with Crippen LogP contribution < -0.4 is 20.4 Å². The zero-order chi connectivity index (χ0) is 26.5. The van der Waals surface area contributed by atoms with E-state index in [-0.39, 0.29) is 22.3 Å². The summed E-state index contributed by atoms with van der Waals surface area (Å²) in [4.78, 5) is 41.7. The normalized spacial score (nSPS) is 16.3. The summed E-state index contributed by atoms with van der Waals surface area (Å²) in [6, 6.07) is 12.2. The minimum absolute atomic E-state index is 0.0826. The lowest BCUT2D eigenvalue weighted by atomic mass is 9.98. The van der Waals surface area contributed by atoms with Crippen LogP contribution in [0.2, 0.25) is 0 Å². The minimum Gasteiger partial charge on any atom is -0.368 e. The topological polar surface area (TPSA) is 111 Å². The largest absolute Gasteiger partial charge is 0.368 e. The number of piperidine rings is 1. The Balaban J connectivity index is 1.34. The molecule has 0 aliphatic carbocycles. The summed E-state index contributed by atoms with van der Waals surface area (Å²) in [6.45, 7) is 8.21. The Labute approximate surface area is 221 Å². The Hall–Kier alpha value is -3.73. The van der Waals surface area contributed by atoms with E-state index in [1.807, 2.05) is 34.1 Å². The van der Waals surface area contributed by atoms with Gasteiger partial charge >= 0.3 is 0 Å². The van der Waals surface area contributed by atoms with E-state index in [0.29, 0.717) is 30.4 Å². The average molecular weight is 525 g/mol. The maximum Gasteiger partial charge on any atom is 0.293 e. The lowest BCUT2D eigenvalue weighted by molar-refractivity contribution is -0.384. The molecule has 11 heteroatoms. The van der Waals surface area contributed by atoms with Gasteiger partial charge in [0.1, 0.15) is 5.69 Å². The molecule has 0 aromatic heterocycles. The summed E-state index contributed by atoms with van der Waals surface area (Å²) >= 11 is 5.30. The van der Waals surface area contributed by atoms with Crippen LogP contribution in [0.4, 0.5) is 22.7 Å². The monoisotopic (exact) mass is 524 g/mol. The van der Waals surface area contributed by atoms with E-state index in [1.165, 1.54) is 6.07 Å². The van der Waals surface area contributed by atoms with Crippen LogP contribution in [0.15, 0.2) is 42.5 Å². The Kier molecular flexibility index (Phi) is 8.22. The number of hydrogen-bond acceptors (Lipinski definition) is 7. The number of nitrogens with one attached hydrogen (secondary N) is 2. The number of nitro groups is 1. The molecule has 2 saturated heterocycles. The van der Waals surface area contributed by atoms with Crippen molar-refractivity contribution in [2.75, 3.05) is 54.4 Å². The molecule has 2 amide bonds. The van der Waals surface area contributed by atoms with Crippen LogP contribution in [0.3, 0.4) is 0 Å². The minimum atomic E-state index is -0.514. The predicted molar refractivity (Wildman–Crippen MR) is 148 cm³/mol. The Morgan fingerprint density at radius 1 is 0.973 bits per heavy atom. The first-order chi connectivity index (χ1) is 17.7. The first-order valence-corrected chi connectivity index (χ1v) is 12.9. The van der Waals surface area contributed by atoms with Gasteiger partial charge in [0.05, 0.1) is 4.92 Å². The second kappa shape index (κ2) is 11.5. The molecule has 0 bridgehead atoms. The molecular weight excluding hydrogens is 492 g/mol. The standard InChI is InChI=1S/C26H32N6O4S/c1-18-9-11-31(12-10-18)23-8-3-20(17-24(23)32(35)36)25(34)28-26(37)27-21-4-6-22(7-5-21)30-15-13-29(14-16-30)19(2)33/h3-8,17-18H,9-16H2,1-2H3,(H2,27,28,34,37). The smallest absolute Gasteiger partial charge is 0.293 e. The third-order valence-corrected chi connectivity index (χ3v) is 7.21. The van der Waals surface area contributed by atoms with Gasteiger partial charge in [0.25, 0.3) is 11.6 Å². The summed E-state index contributed by atoms with van der Waals surface area (Å²) < 4.78 is 0. The molecule has 2 heterocycles. The summed E-state index contributed by atoms with van der Waals surface area (Å²) in [5, 5.41) is 17.4. The number of piperazine rings is 1. The van der Waals surface area contributed by atoms with Crippen molar-refractivity contribution in [1.29, 1.82) is 0 Å². The highest BCUT2D eigenvalue weighted by Crippen LogP contribution is 2.32. The van der Waals surface area contributed by atoms with Gasteiger partial charge in [-0.1, -0.05) is 6.92 Å². The molecule has 2 aromatic carbocycles. The SMILES string of the molecule is CC(=O)N1CCN(c2ccc(NC(=S)NC(=O)c3ccc(N4CCC(C)CC4)c([N+](=O)[O-])c3)cc2)CC1. The van der Waals surface area contributed by atoms with Crippen molar-refractivity contribution in [2.24, 2.45) is 5.92 Å². The van der Waals surface area contributed by atoms with Gasteiger partial charge in [-0.2, -0.15) is 0 Å². The zero-order valence-corrected chi connectivity index (χ0v) is 21.9. The highest BCUT2D eigenvalue weighted by molar-refractivity contribution is 7.80. The quantitative estimate of drug-likeness (QED) is 0.347. The average Bonchev–Trinajstić information content (AvgIpc) is 2.89. The summed E-state index contributed by atoms with van der Waals surface area (Å²) in [6.07, 6.45) is 1.97. The lowest BCUT2D eigenvalue weighted by Gasteiger charge is -2.35. The van der Waals surface area contributed by atoms with E-state index in [1.54, 1.807) is 19.1 Å². The van der Waals surface area contributed by atoms with Gasteiger partial charge in [-0.25, -0.2) is 0 Å². The van der Waals surface area contributed by atoms with E-state index < -0.39 is 10.8 Å². The van der Waals surface area contributed by atoms with Crippen molar-refractivity contribution in [1.82, 2.24) is 10.2 Å². The van der Waals surface area contributed by atoms with Crippen LogP contribution in [-0.4, -0.2) is 66.0 Å². The fourth-order valence-corrected chi connectivity index (χ4v) is 4.91. The fraction of sp³-hybridized carbons (Fsp3) is 0.423. The number of carbonyl (C=O) groups excluding carboxylic acids is 2. The van der Waals surface area contributed by atoms with Crippen LogP contribution in [0.5, 0.6) is 0 Å². The summed E-state index contributed by atoms with van der Waals surface area (Å²) in [7, 11) is 0. The third-order valence-electron chi connectivity index (χ3n) is 7.00. The lowest BCUT2D eigenvalue weighted by Crippen LogP contribution is -2.48. The molecule has 2 aromatic rings. The number of thiocarbonyl (C=S) groups is 1. The molecule has 2 N–H and O–H groups in total. The van der Waals surface area contributed by atoms with Crippen LogP contribution in [0.25, 0.3) is 0 Å². The van der Waals surface area contributed by atoms with Crippen molar-refractivity contribution in [3.63, 3.8) is 0 Å². The molecule has 2 aliphatic rings. The van der Waals surface area contributed by atoms with Crippen LogP contribution in [0, 0.1) is 16.0 Å².